The largest absolute Gasteiger partial charge is 0.478 e. The summed E-state index contributed by atoms with van der Waals surface area (Å²) in [5.41, 5.74) is 5.65. The quantitative estimate of drug-likeness (QED) is 0.689. The normalized spacial score (nSPS) is 26.1. The van der Waals surface area contributed by atoms with Crippen molar-refractivity contribution in [1.82, 2.24) is 5.32 Å². The molecule has 1 aliphatic carbocycles. The van der Waals surface area contributed by atoms with Crippen LogP contribution in [0, 0.1) is 0 Å². The van der Waals surface area contributed by atoms with E-state index in [0.717, 1.165) is 0 Å². The van der Waals surface area contributed by atoms with E-state index in [1.165, 1.54) is 6.08 Å². The summed E-state index contributed by atoms with van der Waals surface area (Å²) in [6, 6.07) is -2.11. The molecule has 120 valence electrons. The van der Waals surface area contributed by atoms with Gasteiger partial charge in [0.25, 0.3) is 0 Å². The summed E-state index contributed by atoms with van der Waals surface area (Å²) in [7, 11) is 0. The average Bonchev–Trinajstić information content (AvgIpc) is 2.37. The van der Waals surface area contributed by atoms with Crippen LogP contribution in [0.5, 0.6) is 0 Å². The number of aliphatic carboxylic acids is 1. The standard InChI is InChI=1S/C12H17F3N2O4/c1-2-3-21-8-5-6(10(18)19)4-7(16)9(8)17-11(20)12(13,14)15/h5,7-9H,2-4,16H2,1H3,(H,17,20)(H,18,19)/t7-,8+,9+/m0/s1. The van der Waals surface area contributed by atoms with Gasteiger partial charge in [0.1, 0.15) is 0 Å². The molecule has 0 heterocycles. The molecule has 0 aromatic heterocycles. The predicted octanol–water partition coefficient (Wildman–Crippen LogP) is 0.571. The van der Waals surface area contributed by atoms with E-state index in [2.05, 4.69) is 0 Å². The number of ether oxygens (including phenoxy) is 1. The van der Waals surface area contributed by atoms with Crippen LogP contribution in [0.25, 0.3) is 0 Å². The summed E-state index contributed by atoms with van der Waals surface area (Å²) in [6.45, 7) is 1.99. The van der Waals surface area contributed by atoms with Crippen molar-refractivity contribution in [3.63, 3.8) is 0 Å². The zero-order valence-electron chi connectivity index (χ0n) is 11.3. The van der Waals surface area contributed by atoms with Crippen LogP contribution in [-0.4, -0.2) is 48.0 Å². The maximum absolute atomic E-state index is 12.3. The number of amides is 1. The Hall–Kier alpha value is -1.61. The fourth-order valence-corrected chi connectivity index (χ4v) is 1.98. The van der Waals surface area contributed by atoms with Gasteiger partial charge in [0, 0.05) is 18.2 Å². The Morgan fingerprint density at radius 1 is 1.52 bits per heavy atom. The van der Waals surface area contributed by atoms with Gasteiger partial charge in [-0.05, 0) is 18.9 Å². The molecule has 0 saturated carbocycles. The number of nitrogens with two attached hydrogens (primary N) is 1. The van der Waals surface area contributed by atoms with Crippen molar-refractivity contribution in [2.24, 2.45) is 5.73 Å². The zero-order valence-corrected chi connectivity index (χ0v) is 11.3. The Labute approximate surface area is 119 Å². The molecule has 1 amide bonds. The topological polar surface area (TPSA) is 102 Å². The van der Waals surface area contributed by atoms with E-state index in [9.17, 15) is 22.8 Å². The van der Waals surface area contributed by atoms with Crippen LogP contribution < -0.4 is 11.1 Å². The number of rotatable bonds is 5. The number of carbonyl (C=O) groups excluding carboxylic acids is 1. The number of halogens is 3. The molecule has 21 heavy (non-hydrogen) atoms. The van der Waals surface area contributed by atoms with Gasteiger partial charge in [-0.3, -0.25) is 4.79 Å². The van der Waals surface area contributed by atoms with Crippen molar-refractivity contribution in [2.75, 3.05) is 6.61 Å². The first-order valence-electron chi connectivity index (χ1n) is 6.35. The number of nitrogens with one attached hydrogen (secondary N) is 1. The van der Waals surface area contributed by atoms with Crippen molar-refractivity contribution >= 4 is 11.9 Å². The van der Waals surface area contributed by atoms with Gasteiger partial charge in [0.2, 0.25) is 0 Å². The maximum atomic E-state index is 12.3. The second kappa shape index (κ2) is 6.90. The number of carbonyl (C=O) groups is 2. The Morgan fingerprint density at radius 3 is 2.62 bits per heavy atom. The van der Waals surface area contributed by atoms with Crippen LogP contribution in [-0.2, 0) is 14.3 Å². The van der Waals surface area contributed by atoms with Crippen LogP contribution >= 0.6 is 0 Å². The molecule has 1 aliphatic rings. The molecular formula is C12H17F3N2O4. The fourth-order valence-electron chi connectivity index (χ4n) is 1.98. The highest BCUT2D eigenvalue weighted by atomic mass is 19.4. The van der Waals surface area contributed by atoms with E-state index in [1.54, 1.807) is 12.2 Å². The molecular weight excluding hydrogens is 293 g/mol. The number of carboxylic acid groups (broad SMARTS) is 1. The van der Waals surface area contributed by atoms with Crippen molar-refractivity contribution in [1.29, 1.82) is 0 Å². The van der Waals surface area contributed by atoms with Gasteiger partial charge in [-0.2, -0.15) is 13.2 Å². The second-order valence-corrected chi connectivity index (χ2v) is 4.70. The summed E-state index contributed by atoms with van der Waals surface area (Å²) in [5.74, 6) is -3.34. The molecule has 1 rings (SSSR count). The molecule has 6 nitrogen and oxygen atoms in total. The average molecular weight is 310 g/mol. The van der Waals surface area contributed by atoms with Crippen LogP contribution in [0.1, 0.15) is 19.8 Å². The van der Waals surface area contributed by atoms with Gasteiger partial charge in [-0.15, -0.1) is 0 Å². The van der Waals surface area contributed by atoms with Gasteiger partial charge < -0.3 is 20.9 Å². The molecule has 0 aromatic rings. The first-order valence-corrected chi connectivity index (χ1v) is 6.35. The van der Waals surface area contributed by atoms with Crippen LogP contribution in [0.15, 0.2) is 11.6 Å². The molecule has 0 aliphatic heterocycles. The second-order valence-electron chi connectivity index (χ2n) is 4.70. The SMILES string of the molecule is CCCO[C@@H]1C=C(C(=O)O)C[C@H](N)[C@H]1NC(=O)C(F)(F)F. The van der Waals surface area contributed by atoms with Gasteiger partial charge in [0.15, 0.2) is 0 Å². The lowest BCUT2D eigenvalue weighted by atomic mass is 9.88. The lowest BCUT2D eigenvalue weighted by Crippen LogP contribution is -2.59. The molecule has 0 saturated heterocycles. The zero-order chi connectivity index (χ0) is 16.2. The summed E-state index contributed by atoms with van der Waals surface area (Å²) in [6.07, 6.45) is -4.41. The van der Waals surface area contributed by atoms with Gasteiger partial charge in [0.05, 0.1) is 12.1 Å². The van der Waals surface area contributed by atoms with E-state index >= 15 is 0 Å². The Balaban J connectivity index is 2.93. The third kappa shape index (κ3) is 4.71. The lowest BCUT2D eigenvalue weighted by molar-refractivity contribution is -0.175. The van der Waals surface area contributed by atoms with Crippen molar-refractivity contribution < 1.29 is 32.6 Å². The van der Waals surface area contributed by atoms with E-state index in [1.807, 2.05) is 0 Å². The Kier molecular flexibility index (Phi) is 5.73. The van der Waals surface area contributed by atoms with Crippen LogP contribution in [0.3, 0.4) is 0 Å². The molecule has 4 N–H and O–H groups in total. The third-order valence-electron chi connectivity index (χ3n) is 2.98. The van der Waals surface area contributed by atoms with Gasteiger partial charge in [-0.25, -0.2) is 4.79 Å². The number of alkyl halides is 3. The Morgan fingerprint density at radius 2 is 2.14 bits per heavy atom. The van der Waals surface area contributed by atoms with Crippen LogP contribution in [0.2, 0.25) is 0 Å². The number of hydrogen-bond acceptors (Lipinski definition) is 4. The summed E-state index contributed by atoms with van der Waals surface area (Å²) >= 11 is 0. The van der Waals surface area contributed by atoms with E-state index in [0.29, 0.717) is 6.42 Å². The van der Waals surface area contributed by atoms with Gasteiger partial charge >= 0.3 is 18.1 Å². The lowest BCUT2D eigenvalue weighted by Gasteiger charge is -2.34. The molecule has 0 fully saturated rings. The van der Waals surface area contributed by atoms with Crippen LogP contribution in [0.4, 0.5) is 13.2 Å². The minimum Gasteiger partial charge on any atom is -0.478 e. The summed E-state index contributed by atoms with van der Waals surface area (Å²) < 4.78 is 42.2. The minimum atomic E-state index is -5.04. The highest BCUT2D eigenvalue weighted by Gasteiger charge is 2.43. The first kappa shape index (κ1) is 17.4. The molecule has 0 spiro atoms. The molecule has 0 unspecified atom stereocenters. The van der Waals surface area contributed by atoms with Crippen molar-refractivity contribution in [3.8, 4) is 0 Å². The highest BCUT2D eigenvalue weighted by Crippen LogP contribution is 2.23. The number of carboxylic acids is 1. The van der Waals surface area contributed by atoms with Crippen molar-refractivity contribution in [3.05, 3.63) is 11.6 Å². The molecule has 0 aromatic carbocycles. The van der Waals surface area contributed by atoms with E-state index in [4.69, 9.17) is 15.6 Å². The highest BCUT2D eigenvalue weighted by molar-refractivity contribution is 5.87. The predicted molar refractivity (Wildman–Crippen MR) is 66.3 cm³/mol. The van der Waals surface area contributed by atoms with E-state index < -0.39 is 36.2 Å². The molecule has 9 heteroatoms. The molecule has 0 bridgehead atoms. The molecule has 3 atom stereocenters. The first-order chi connectivity index (χ1) is 9.66. The van der Waals surface area contributed by atoms with Gasteiger partial charge in [-0.1, -0.05) is 6.92 Å². The monoisotopic (exact) mass is 310 g/mol. The third-order valence-corrected chi connectivity index (χ3v) is 2.98. The number of hydrogen-bond donors (Lipinski definition) is 3. The summed E-state index contributed by atoms with van der Waals surface area (Å²) in [4.78, 5) is 22.0. The van der Waals surface area contributed by atoms with E-state index in [-0.39, 0.29) is 18.6 Å². The maximum Gasteiger partial charge on any atom is 0.471 e. The summed E-state index contributed by atoms with van der Waals surface area (Å²) in [5, 5.41) is 10.7. The smallest absolute Gasteiger partial charge is 0.471 e. The minimum absolute atomic E-state index is 0.0406. The Bertz CT molecular complexity index is 437. The molecule has 0 radical (unpaired) electrons. The van der Waals surface area contributed by atoms with Crippen molar-refractivity contribution in [2.45, 2.75) is 44.1 Å². The fraction of sp³-hybridized carbons (Fsp3) is 0.667.